The molecule has 0 saturated carbocycles. The van der Waals surface area contributed by atoms with Crippen LogP contribution in [0.15, 0.2) is 24.3 Å². The maximum Gasteiger partial charge on any atom is 0.140 e. The molecule has 0 aliphatic rings. The summed E-state index contributed by atoms with van der Waals surface area (Å²) < 4.78 is 0. The third-order valence-corrected chi connectivity index (χ3v) is 3.29. The SMILES string of the molecule is OC[C@@H](O)[C@@H](O)[C@@H](O)[C@H](O)[C@@H](O)c1nc2ccccc2[nH]1. The third-order valence-electron chi connectivity index (χ3n) is 3.29. The fraction of sp³-hybridized carbons (Fsp3) is 0.462. The number of nitrogens with zero attached hydrogens (tertiary/aromatic N) is 1. The average molecular weight is 298 g/mol. The maximum absolute atomic E-state index is 10.0. The van der Waals surface area contributed by atoms with Crippen molar-refractivity contribution < 1.29 is 30.6 Å². The van der Waals surface area contributed by atoms with E-state index in [1.807, 2.05) is 0 Å². The molecule has 2 aromatic rings. The molecule has 2 rings (SSSR count). The van der Waals surface area contributed by atoms with Gasteiger partial charge in [0, 0.05) is 0 Å². The van der Waals surface area contributed by atoms with Gasteiger partial charge in [0.25, 0.3) is 0 Å². The van der Waals surface area contributed by atoms with Crippen molar-refractivity contribution in [3.63, 3.8) is 0 Å². The van der Waals surface area contributed by atoms with Crippen molar-refractivity contribution in [3.8, 4) is 0 Å². The van der Waals surface area contributed by atoms with Crippen LogP contribution in [0.3, 0.4) is 0 Å². The van der Waals surface area contributed by atoms with Crippen LogP contribution < -0.4 is 0 Å². The van der Waals surface area contributed by atoms with E-state index in [0.29, 0.717) is 11.0 Å². The van der Waals surface area contributed by atoms with Gasteiger partial charge >= 0.3 is 0 Å². The van der Waals surface area contributed by atoms with E-state index in [1.54, 1.807) is 24.3 Å². The van der Waals surface area contributed by atoms with Crippen molar-refractivity contribution >= 4 is 11.0 Å². The Morgan fingerprint density at radius 2 is 1.62 bits per heavy atom. The minimum atomic E-state index is -1.85. The van der Waals surface area contributed by atoms with E-state index in [2.05, 4.69) is 9.97 Å². The minimum absolute atomic E-state index is 0.0217. The maximum atomic E-state index is 10.0. The summed E-state index contributed by atoms with van der Waals surface area (Å²) in [6.45, 7) is -0.786. The number of aliphatic hydroxyl groups excluding tert-OH is 6. The molecule has 8 nitrogen and oxygen atoms in total. The van der Waals surface area contributed by atoms with Crippen molar-refractivity contribution in [3.05, 3.63) is 30.1 Å². The number of hydrogen-bond acceptors (Lipinski definition) is 7. The third kappa shape index (κ3) is 3.21. The number of benzene rings is 1. The standard InChI is InChI=1S/C13H18N2O6/c16-5-8(17)9(18)10(19)11(20)12(21)13-14-6-3-1-2-4-7(6)15-13/h1-4,8-12,16-21H,5H2,(H,14,15)/t8-,9-,10-,11+,12-/m1/s1. The number of hydrogen-bond donors (Lipinski definition) is 7. The molecule has 0 bridgehead atoms. The van der Waals surface area contributed by atoms with Gasteiger partial charge in [-0.05, 0) is 12.1 Å². The lowest BCUT2D eigenvalue weighted by atomic mass is 9.99. The van der Waals surface area contributed by atoms with Crippen LogP contribution in [-0.4, -0.2) is 71.6 Å². The topological polar surface area (TPSA) is 150 Å². The van der Waals surface area contributed by atoms with Gasteiger partial charge in [-0.3, -0.25) is 0 Å². The lowest BCUT2D eigenvalue weighted by Crippen LogP contribution is -2.47. The van der Waals surface area contributed by atoms with E-state index in [-0.39, 0.29) is 5.82 Å². The lowest BCUT2D eigenvalue weighted by molar-refractivity contribution is -0.142. The van der Waals surface area contributed by atoms with Crippen molar-refractivity contribution in [1.82, 2.24) is 9.97 Å². The fourth-order valence-corrected chi connectivity index (χ4v) is 2.00. The molecular formula is C13H18N2O6. The normalized spacial score (nSPS) is 19.1. The molecule has 0 saturated heterocycles. The van der Waals surface area contributed by atoms with E-state index >= 15 is 0 Å². The molecule has 8 heteroatoms. The Kier molecular flexibility index (Phi) is 4.88. The minimum Gasteiger partial charge on any atom is -0.394 e. The molecule has 5 atom stereocenters. The lowest BCUT2D eigenvalue weighted by Gasteiger charge is -2.27. The summed E-state index contributed by atoms with van der Waals surface area (Å²) in [5.41, 5.74) is 1.22. The van der Waals surface area contributed by atoms with Crippen LogP contribution in [0.4, 0.5) is 0 Å². The molecule has 0 spiro atoms. The number of para-hydroxylation sites is 2. The number of aromatic nitrogens is 2. The highest BCUT2D eigenvalue weighted by Gasteiger charge is 2.35. The largest absolute Gasteiger partial charge is 0.394 e. The van der Waals surface area contributed by atoms with Crippen molar-refractivity contribution in [2.45, 2.75) is 30.5 Å². The Bertz CT molecular complexity index is 556. The zero-order valence-corrected chi connectivity index (χ0v) is 11.0. The van der Waals surface area contributed by atoms with Gasteiger partial charge in [0.1, 0.15) is 36.3 Å². The van der Waals surface area contributed by atoms with Crippen molar-refractivity contribution in [2.75, 3.05) is 6.61 Å². The Morgan fingerprint density at radius 1 is 0.952 bits per heavy atom. The predicted molar refractivity (Wildman–Crippen MR) is 72.2 cm³/mol. The number of aromatic amines is 1. The Labute approximate surface area is 119 Å². The Morgan fingerprint density at radius 3 is 2.24 bits per heavy atom. The zero-order chi connectivity index (χ0) is 15.6. The molecule has 7 N–H and O–H groups in total. The molecule has 0 unspecified atom stereocenters. The van der Waals surface area contributed by atoms with Gasteiger partial charge in [0.05, 0.1) is 17.6 Å². The van der Waals surface area contributed by atoms with Crippen LogP contribution in [0, 0.1) is 0 Å². The fourth-order valence-electron chi connectivity index (χ4n) is 2.00. The van der Waals surface area contributed by atoms with Gasteiger partial charge in [-0.1, -0.05) is 12.1 Å². The summed E-state index contributed by atoms with van der Waals surface area (Å²) in [6.07, 6.45) is -8.66. The molecule has 21 heavy (non-hydrogen) atoms. The molecule has 0 fully saturated rings. The highest BCUT2D eigenvalue weighted by Crippen LogP contribution is 2.21. The number of rotatable bonds is 6. The second-order valence-corrected chi connectivity index (χ2v) is 4.81. The molecule has 0 radical (unpaired) electrons. The molecule has 116 valence electrons. The molecule has 0 aliphatic heterocycles. The van der Waals surface area contributed by atoms with E-state index in [1.165, 1.54) is 0 Å². The highest BCUT2D eigenvalue weighted by atomic mass is 16.4. The summed E-state index contributed by atoms with van der Waals surface area (Å²) in [5.74, 6) is 0.0217. The molecule has 1 heterocycles. The number of imidazole rings is 1. The van der Waals surface area contributed by atoms with Crippen LogP contribution in [0.2, 0.25) is 0 Å². The monoisotopic (exact) mass is 298 g/mol. The van der Waals surface area contributed by atoms with Crippen LogP contribution in [0.1, 0.15) is 11.9 Å². The van der Waals surface area contributed by atoms with Crippen LogP contribution >= 0.6 is 0 Å². The molecule has 0 amide bonds. The molecular weight excluding hydrogens is 280 g/mol. The first kappa shape index (κ1) is 15.8. The van der Waals surface area contributed by atoms with Gasteiger partial charge in [0.15, 0.2) is 0 Å². The van der Waals surface area contributed by atoms with Gasteiger partial charge < -0.3 is 35.6 Å². The molecule has 0 aliphatic carbocycles. The van der Waals surface area contributed by atoms with E-state index in [9.17, 15) is 25.5 Å². The van der Waals surface area contributed by atoms with Crippen molar-refractivity contribution in [2.24, 2.45) is 0 Å². The highest BCUT2D eigenvalue weighted by molar-refractivity contribution is 5.74. The first-order chi connectivity index (χ1) is 9.95. The quantitative estimate of drug-likeness (QED) is 0.327. The zero-order valence-electron chi connectivity index (χ0n) is 11.0. The first-order valence-corrected chi connectivity index (χ1v) is 6.41. The molecule has 1 aromatic carbocycles. The van der Waals surface area contributed by atoms with Crippen molar-refractivity contribution in [1.29, 1.82) is 0 Å². The molecule has 1 aromatic heterocycles. The number of nitrogens with one attached hydrogen (secondary N) is 1. The average Bonchev–Trinajstić information content (AvgIpc) is 2.95. The predicted octanol–water partition coefficient (Wildman–Crippen LogP) is -1.97. The smallest absolute Gasteiger partial charge is 0.140 e. The Hall–Kier alpha value is -1.55. The number of aliphatic hydroxyl groups is 6. The second kappa shape index (κ2) is 6.48. The van der Waals surface area contributed by atoms with Crippen LogP contribution in [-0.2, 0) is 0 Å². The van der Waals surface area contributed by atoms with Crippen LogP contribution in [0.5, 0.6) is 0 Å². The van der Waals surface area contributed by atoms with E-state index < -0.39 is 37.1 Å². The Balaban J connectivity index is 2.16. The van der Waals surface area contributed by atoms with E-state index in [0.717, 1.165) is 0 Å². The van der Waals surface area contributed by atoms with Gasteiger partial charge in [-0.25, -0.2) is 4.98 Å². The summed E-state index contributed by atoms with van der Waals surface area (Å²) in [6, 6.07) is 6.95. The van der Waals surface area contributed by atoms with Crippen LogP contribution in [0.25, 0.3) is 11.0 Å². The summed E-state index contributed by atoms with van der Waals surface area (Å²) in [5, 5.41) is 57.1. The first-order valence-electron chi connectivity index (χ1n) is 6.41. The number of H-pyrrole nitrogens is 1. The van der Waals surface area contributed by atoms with Gasteiger partial charge in [-0.2, -0.15) is 0 Å². The second-order valence-electron chi connectivity index (χ2n) is 4.81. The summed E-state index contributed by atoms with van der Waals surface area (Å²) in [4.78, 5) is 6.86. The number of fused-ring (bicyclic) bond motifs is 1. The summed E-state index contributed by atoms with van der Waals surface area (Å²) in [7, 11) is 0. The summed E-state index contributed by atoms with van der Waals surface area (Å²) >= 11 is 0. The van der Waals surface area contributed by atoms with Gasteiger partial charge in [0.2, 0.25) is 0 Å². The van der Waals surface area contributed by atoms with Gasteiger partial charge in [-0.15, -0.1) is 0 Å². The van der Waals surface area contributed by atoms with E-state index in [4.69, 9.17) is 5.11 Å².